The molecule has 2 aliphatic heterocycles. The number of aliphatic imine (C=N–C) groups is 1. The number of benzene rings is 3. The van der Waals surface area contributed by atoms with Gasteiger partial charge in [-0.1, -0.05) is 30.3 Å². The van der Waals surface area contributed by atoms with Gasteiger partial charge < -0.3 is 10.2 Å². The third kappa shape index (κ3) is 3.94. The number of anilines is 2. The first kappa shape index (κ1) is 21.8. The average Bonchev–Trinajstić information content (AvgIpc) is 3.38. The summed E-state index contributed by atoms with van der Waals surface area (Å²) >= 11 is 0. The van der Waals surface area contributed by atoms with Gasteiger partial charge in [-0.2, -0.15) is 0 Å². The monoisotopic (exact) mass is 474 g/mol. The smallest absolute Gasteiger partial charge is 0.263 e. The summed E-state index contributed by atoms with van der Waals surface area (Å²) in [5.41, 5.74) is 3.57. The molecule has 2 aliphatic rings. The number of nitrogens with one attached hydrogen (secondary N) is 2. The zero-order valence-electron chi connectivity index (χ0n) is 18.4. The fourth-order valence-corrected chi connectivity index (χ4v) is 5.37. The molecule has 0 bridgehead atoms. The Labute approximate surface area is 197 Å². The zero-order chi connectivity index (χ0) is 23.9. The lowest BCUT2D eigenvalue weighted by atomic mass is 10.1. The third-order valence-electron chi connectivity index (χ3n) is 5.90. The number of carbonyl (C=O) groups is 2. The Morgan fingerprint density at radius 3 is 2.50 bits per heavy atom. The maximum absolute atomic E-state index is 13.0. The summed E-state index contributed by atoms with van der Waals surface area (Å²) in [5, 5.41) is 2.76. The molecule has 0 fully saturated rings. The first-order valence-corrected chi connectivity index (χ1v) is 12.3. The van der Waals surface area contributed by atoms with E-state index in [9.17, 15) is 18.0 Å². The molecule has 8 nitrogen and oxygen atoms in total. The van der Waals surface area contributed by atoms with Crippen molar-refractivity contribution < 1.29 is 18.0 Å². The first-order chi connectivity index (χ1) is 16.3. The van der Waals surface area contributed by atoms with Crippen molar-refractivity contribution in [2.24, 2.45) is 4.99 Å². The van der Waals surface area contributed by atoms with Crippen LogP contribution in [0, 0.1) is 0 Å². The lowest BCUT2D eigenvalue weighted by Gasteiger charge is -2.17. The van der Waals surface area contributed by atoms with Gasteiger partial charge in [0.2, 0.25) is 5.91 Å². The quantitative estimate of drug-likeness (QED) is 0.606. The number of carbonyl (C=O) groups excluding carboxylic acids is 2. The van der Waals surface area contributed by atoms with E-state index in [1.54, 1.807) is 54.3 Å². The number of rotatable bonds is 4. The Hall–Kier alpha value is -3.98. The van der Waals surface area contributed by atoms with Gasteiger partial charge in [0.1, 0.15) is 11.9 Å². The molecule has 0 unspecified atom stereocenters. The van der Waals surface area contributed by atoms with Gasteiger partial charge in [0.05, 0.1) is 4.90 Å². The highest BCUT2D eigenvalue weighted by Gasteiger charge is 2.31. The summed E-state index contributed by atoms with van der Waals surface area (Å²) in [5.74, 6) is -0.344. The molecule has 0 saturated carbocycles. The van der Waals surface area contributed by atoms with Crippen molar-refractivity contribution in [3.63, 3.8) is 0 Å². The van der Waals surface area contributed by atoms with Gasteiger partial charge >= 0.3 is 0 Å². The second-order valence-corrected chi connectivity index (χ2v) is 9.81. The number of sulfonamides is 1. The summed E-state index contributed by atoms with van der Waals surface area (Å²) in [7, 11) is -3.67. The molecule has 1 atom stereocenters. The predicted molar refractivity (Wildman–Crippen MR) is 130 cm³/mol. The molecule has 0 saturated heterocycles. The van der Waals surface area contributed by atoms with Crippen molar-refractivity contribution in [2.75, 3.05) is 16.8 Å². The molecule has 5 rings (SSSR count). The summed E-state index contributed by atoms with van der Waals surface area (Å²) in [6.45, 7) is 2.22. The fourth-order valence-electron chi connectivity index (χ4n) is 4.13. The number of hydrogen-bond donors (Lipinski definition) is 2. The van der Waals surface area contributed by atoms with Crippen molar-refractivity contribution in [1.29, 1.82) is 0 Å². The number of amidine groups is 1. The molecular weight excluding hydrogens is 452 g/mol. The van der Waals surface area contributed by atoms with Crippen LogP contribution in [0.1, 0.15) is 28.4 Å². The normalized spacial score (nSPS) is 17.6. The standard InChI is InChI=1S/C25H22N4O4S/c1-16(26-23-20-7-3-5-9-22(20)34(32,33)28-23)24(30)27-19-12-10-18(11-13-19)25(31)29-15-14-17-6-2-4-8-21(17)29/h2-13,16H,14-15H2,1H3,(H,26,28)(H,27,30)/t16-/m0/s1. The van der Waals surface area contributed by atoms with Crippen LogP contribution in [0.3, 0.4) is 0 Å². The van der Waals surface area contributed by atoms with E-state index in [-0.39, 0.29) is 16.6 Å². The third-order valence-corrected chi connectivity index (χ3v) is 7.29. The van der Waals surface area contributed by atoms with Gasteiger partial charge in [0.15, 0.2) is 0 Å². The molecule has 0 spiro atoms. The van der Waals surface area contributed by atoms with E-state index in [4.69, 9.17) is 0 Å². The Kier molecular flexibility index (Phi) is 5.41. The van der Waals surface area contributed by atoms with E-state index < -0.39 is 22.0 Å². The van der Waals surface area contributed by atoms with E-state index in [0.29, 0.717) is 23.4 Å². The molecule has 0 aromatic heterocycles. The van der Waals surface area contributed by atoms with E-state index in [2.05, 4.69) is 15.0 Å². The molecular formula is C25H22N4O4S. The Morgan fingerprint density at radius 1 is 1.00 bits per heavy atom. The highest BCUT2D eigenvalue weighted by molar-refractivity contribution is 7.90. The van der Waals surface area contributed by atoms with Gasteiger partial charge in [-0.05, 0) is 61.4 Å². The van der Waals surface area contributed by atoms with Crippen LogP contribution in [-0.4, -0.2) is 38.7 Å². The van der Waals surface area contributed by atoms with Crippen molar-refractivity contribution in [2.45, 2.75) is 24.3 Å². The van der Waals surface area contributed by atoms with Crippen LogP contribution in [0.15, 0.2) is 82.7 Å². The van der Waals surface area contributed by atoms with Crippen LogP contribution in [0.25, 0.3) is 0 Å². The van der Waals surface area contributed by atoms with E-state index >= 15 is 0 Å². The molecule has 2 N–H and O–H groups in total. The molecule has 2 heterocycles. The van der Waals surface area contributed by atoms with Crippen LogP contribution < -0.4 is 14.9 Å². The first-order valence-electron chi connectivity index (χ1n) is 10.8. The maximum atomic E-state index is 13.0. The van der Waals surface area contributed by atoms with Gasteiger partial charge in [0, 0.05) is 29.0 Å². The van der Waals surface area contributed by atoms with Crippen LogP contribution in [-0.2, 0) is 21.2 Å². The second kappa shape index (κ2) is 8.42. The van der Waals surface area contributed by atoms with Crippen LogP contribution >= 0.6 is 0 Å². The summed E-state index contributed by atoms with van der Waals surface area (Å²) in [6.07, 6.45) is 0.830. The highest BCUT2D eigenvalue weighted by atomic mass is 32.2. The van der Waals surface area contributed by atoms with E-state index in [1.807, 2.05) is 24.3 Å². The number of amides is 2. The number of nitrogens with zero attached hydrogens (tertiary/aromatic N) is 2. The zero-order valence-corrected chi connectivity index (χ0v) is 19.2. The maximum Gasteiger partial charge on any atom is 0.263 e. The molecule has 3 aromatic carbocycles. The van der Waals surface area contributed by atoms with Gasteiger partial charge in [-0.15, -0.1) is 0 Å². The van der Waals surface area contributed by atoms with Gasteiger partial charge in [-0.25, -0.2) is 8.42 Å². The molecule has 172 valence electrons. The van der Waals surface area contributed by atoms with Crippen LogP contribution in [0.5, 0.6) is 0 Å². The Balaban J connectivity index is 1.27. The molecule has 0 radical (unpaired) electrons. The van der Waals surface area contributed by atoms with E-state index in [1.165, 1.54) is 6.07 Å². The minimum Gasteiger partial charge on any atom is -0.324 e. The van der Waals surface area contributed by atoms with Gasteiger partial charge in [0.25, 0.3) is 15.9 Å². The SMILES string of the molecule is C[C@H](N=C1NS(=O)(=O)c2ccccc21)C(=O)Nc1ccc(C(=O)N2CCc3ccccc32)cc1. The number of fused-ring (bicyclic) bond motifs is 2. The molecule has 3 aromatic rings. The topological polar surface area (TPSA) is 108 Å². The molecule has 2 amide bonds. The number of hydrogen-bond acceptors (Lipinski definition) is 5. The van der Waals surface area contributed by atoms with Crippen LogP contribution in [0.4, 0.5) is 11.4 Å². The number of para-hydroxylation sites is 1. The summed E-state index contributed by atoms with van der Waals surface area (Å²) < 4.78 is 26.9. The van der Waals surface area contributed by atoms with E-state index in [0.717, 1.165) is 17.7 Å². The Bertz CT molecular complexity index is 1430. The summed E-state index contributed by atoms with van der Waals surface area (Å²) in [6, 6.07) is 20.2. The molecule has 0 aliphatic carbocycles. The van der Waals surface area contributed by atoms with Crippen LogP contribution in [0.2, 0.25) is 0 Å². The minimum absolute atomic E-state index is 0.0882. The minimum atomic E-state index is -3.67. The Morgan fingerprint density at radius 2 is 1.71 bits per heavy atom. The summed E-state index contributed by atoms with van der Waals surface area (Å²) in [4.78, 5) is 31.8. The second-order valence-electron chi connectivity index (χ2n) is 8.16. The molecule has 9 heteroatoms. The van der Waals surface area contributed by atoms with Crippen molar-refractivity contribution in [3.8, 4) is 0 Å². The lowest BCUT2D eigenvalue weighted by Crippen LogP contribution is -2.29. The van der Waals surface area contributed by atoms with Crippen molar-refractivity contribution >= 4 is 39.0 Å². The molecule has 34 heavy (non-hydrogen) atoms. The predicted octanol–water partition coefficient (Wildman–Crippen LogP) is 2.96. The fraction of sp³-hybridized carbons (Fsp3) is 0.160. The van der Waals surface area contributed by atoms with Crippen molar-refractivity contribution in [3.05, 3.63) is 89.5 Å². The largest absolute Gasteiger partial charge is 0.324 e. The van der Waals surface area contributed by atoms with Gasteiger partial charge in [-0.3, -0.25) is 19.3 Å². The highest BCUT2D eigenvalue weighted by Crippen LogP contribution is 2.29. The average molecular weight is 475 g/mol. The lowest BCUT2D eigenvalue weighted by molar-refractivity contribution is -0.117. The van der Waals surface area contributed by atoms with Crippen molar-refractivity contribution in [1.82, 2.24) is 4.72 Å².